The molecule has 20 heavy (non-hydrogen) atoms. The van der Waals surface area contributed by atoms with E-state index < -0.39 is 11.7 Å². The molecule has 0 fully saturated rings. The molecular formula is C15H21F2N3. The van der Waals surface area contributed by atoms with Crippen molar-refractivity contribution in [3.8, 4) is 0 Å². The highest BCUT2D eigenvalue weighted by atomic mass is 19.2. The van der Waals surface area contributed by atoms with Gasteiger partial charge in [0.05, 0.1) is 6.54 Å². The summed E-state index contributed by atoms with van der Waals surface area (Å²) in [5.74, 6) is -0.633. The summed E-state index contributed by atoms with van der Waals surface area (Å²) in [5, 5.41) is 3.34. The maximum Gasteiger partial charge on any atom is 0.147 e. The SMILES string of the molecule is CN1C/C(F)=C(/F)CCC(C)(C)c2cccc(n2)N1C. The molecule has 0 radical (unpaired) electrons. The second kappa shape index (κ2) is 5.48. The lowest BCUT2D eigenvalue weighted by Gasteiger charge is -2.29. The molecule has 5 heteroatoms. The number of allylic oxidation sites excluding steroid dienone is 1. The van der Waals surface area contributed by atoms with E-state index in [-0.39, 0.29) is 18.4 Å². The molecule has 0 spiro atoms. The van der Waals surface area contributed by atoms with Crippen LogP contribution in [0.15, 0.2) is 29.9 Å². The monoisotopic (exact) mass is 281 g/mol. The number of fused-ring (bicyclic) bond motifs is 2. The first-order valence-electron chi connectivity index (χ1n) is 6.76. The maximum absolute atomic E-state index is 13.8. The lowest BCUT2D eigenvalue weighted by atomic mass is 9.83. The molecule has 2 heterocycles. The Labute approximate surface area is 118 Å². The van der Waals surface area contributed by atoms with Gasteiger partial charge in [-0.05, 0) is 18.6 Å². The average Bonchev–Trinajstić information content (AvgIpc) is 2.43. The fraction of sp³-hybridized carbons (Fsp3) is 0.533. The summed E-state index contributed by atoms with van der Waals surface area (Å²) in [5.41, 5.74) is 0.600. The maximum atomic E-state index is 13.8. The zero-order valence-electron chi connectivity index (χ0n) is 12.5. The molecule has 1 aliphatic heterocycles. The summed E-state index contributed by atoms with van der Waals surface area (Å²) in [6, 6.07) is 5.74. The number of nitrogens with zero attached hydrogens (tertiary/aromatic N) is 3. The van der Waals surface area contributed by atoms with Crippen molar-refractivity contribution in [3.05, 3.63) is 35.5 Å². The van der Waals surface area contributed by atoms with Crippen molar-refractivity contribution in [1.29, 1.82) is 0 Å². The van der Waals surface area contributed by atoms with E-state index >= 15 is 0 Å². The van der Waals surface area contributed by atoms with Crippen LogP contribution in [0.1, 0.15) is 32.4 Å². The molecule has 110 valence electrons. The van der Waals surface area contributed by atoms with Crippen LogP contribution in [0.3, 0.4) is 0 Å². The molecule has 0 unspecified atom stereocenters. The Morgan fingerprint density at radius 3 is 2.55 bits per heavy atom. The van der Waals surface area contributed by atoms with Crippen LogP contribution in [-0.2, 0) is 5.41 Å². The van der Waals surface area contributed by atoms with Crippen LogP contribution in [0.25, 0.3) is 0 Å². The zero-order chi connectivity index (χ0) is 14.9. The van der Waals surface area contributed by atoms with Gasteiger partial charge in [0.25, 0.3) is 0 Å². The van der Waals surface area contributed by atoms with Crippen molar-refractivity contribution in [2.75, 3.05) is 25.6 Å². The summed E-state index contributed by atoms with van der Waals surface area (Å²) in [7, 11) is 3.51. The van der Waals surface area contributed by atoms with Gasteiger partial charge in [-0.3, -0.25) is 5.01 Å². The number of likely N-dealkylation sites (N-methyl/N-ethyl adjacent to an activating group) is 1. The van der Waals surface area contributed by atoms with Crippen LogP contribution < -0.4 is 5.01 Å². The van der Waals surface area contributed by atoms with Gasteiger partial charge in [0.1, 0.15) is 17.5 Å². The van der Waals surface area contributed by atoms with Gasteiger partial charge in [0, 0.05) is 31.6 Å². The fourth-order valence-corrected chi connectivity index (χ4v) is 2.23. The normalized spacial score (nSPS) is 24.4. The third-order valence-electron chi connectivity index (χ3n) is 3.90. The Hall–Kier alpha value is -1.49. The van der Waals surface area contributed by atoms with Gasteiger partial charge in [0.15, 0.2) is 0 Å². The molecule has 0 saturated heterocycles. The highest BCUT2D eigenvalue weighted by molar-refractivity contribution is 5.38. The van der Waals surface area contributed by atoms with E-state index in [1.165, 1.54) is 0 Å². The van der Waals surface area contributed by atoms with Crippen molar-refractivity contribution in [1.82, 2.24) is 9.99 Å². The third-order valence-corrected chi connectivity index (χ3v) is 3.90. The molecule has 0 atom stereocenters. The molecule has 1 aliphatic rings. The predicted molar refractivity (Wildman–Crippen MR) is 76.8 cm³/mol. The van der Waals surface area contributed by atoms with Gasteiger partial charge in [-0.15, -0.1) is 0 Å². The van der Waals surface area contributed by atoms with Crippen LogP contribution in [0.5, 0.6) is 0 Å². The Kier molecular flexibility index (Phi) is 4.09. The van der Waals surface area contributed by atoms with E-state index in [1.807, 2.05) is 32.0 Å². The molecule has 2 bridgehead atoms. The molecule has 0 N–H and O–H groups in total. The molecular weight excluding hydrogens is 260 g/mol. The first kappa shape index (κ1) is 14.9. The lowest BCUT2D eigenvalue weighted by molar-refractivity contribution is 0.313. The Balaban J connectivity index is 2.47. The van der Waals surface area contributed by atoms with Crippen LogP contribution >= 0.6 is 0 Å². The van der Waals surface area contributed by atoms with Crippen molar-refractivity contribution in [3.63, 3.8) is 0 Å². The molecule has 1 aromatic heterocycles. The van der Waals surface area contributed by atoms with E-state index in [1.54, 1.807) is 24.1 Å². The minimum atomic E-state index is -0.704. The highest BCUT2D eigenvalue weighted by Gasteiger charge is 2.26. The lowest BCUT2D eigenvalue weighted by Crippen LogP contribution is -2.38. The number of hydrogen-bond donors (Lipinski definition) is 0. The number of halogens is 2. The first-order chi connectivity index (χ1) is 9.31. The Bertz CT molecular complexity index is 526. The van der Waals surface area contributed by atoms with Crippen LogP contribution in [0.4, 0.5) is 14.6 Å². The molecule has 1 aromatic rings. The van der Waals surface area contributed by atoms with E-state index in [0.717, 1.165) is 11.5 Å². The summed E-state index contributed by atoms with van der Waals surface area (Å²) in [4.78, 5) is 4.63. The molecule has 0 amide bonds. The standard InChI is InChI=1S/C15H21F2N3/c1-15(2)9-8-11(16)12(17)10-19(3)20(4)14-7-5-6-13(15)18-14/h5-7H,8-10H2,1-4H3/b12-11-. The summed E-state index contributed by atoms with van der Waals surface area (Å²) in [6.45, 7) is 3.92. The van der Waals surface area contributed by atoms with Crippen LogP contribution in [0.2, 0.25) is 0 Å². The number of hydrazine groups is 1. The van der Waals surface area contributed by atoms with Gasteiger partial charge in [0.2, 0.25) is 0 Å². The molecule has 3 nitrogen and oxygen atoms in total. The van der Waals surface area contributed by atoms with Crippen molar-refractivity contribution < 1.29 is 8.78 Å². The third kappa shape index (κ3) is 2.98. The van der Waals surface area contributed by atoms with Crippen molar-refractivity contribution >= 4 is 5.82 Å². The van der Waals surface area contributed by atoms with Crippen molar-refractivity contribution in [2.24, 2.45) is 0 Å². The van der Waals surface area contributed by atoms with Gasteiger partial charge in [-0.1, -0.05) is 19.9 Å². The number of aromatic nitrogens is 1. The van der Waals surface area contributed by atoms with E-state index in [4.69, 9.17) is 0 Å². The minimum absolute atomic E-state index is 0.0886. The summed E-state index contributed by atoms with van der Waals surface area (Å²) in [6.07, 6.45) is 0.623. The highest BCUT2D eigenvalue weighted by Crippen LogP contribution is 2.32. The average molecular weight is 281 g/mol. The topological polar surface area (TPSA) is 19.4 Å². The second-order valence-electron chi connectivity index (χ2n) is 5.91. The summed E-state index contributed by atoms with van der Waals surface area (Å²) < 4.78 is 27.7. The van der Waals surface area contributed by atoms with Gasteiger partial charge in [-0.25, -0.2) is 18.8 Å². The molecule has 0 saturated carbocycles. The number of anilines is 1. The predicted octanol–water partition coefficient (Wildman–Crippen LogP) is 3.59. The quantitative estimate of drug-likeness (QED) is 0.724. The van der Waals surface area contributed by atoms with E-state index in [9.17, 15) is 8.78 Å². The zero-order valence-corrected chi connectivity index (χ0v) is 12.5. The van der Waals surface area contributed by atoms with Gasteiger partial charge >= 0.3 is 0 Å². The second-order valence-corrected chi connectivity index (χ2v) is 5.91. The number of pyridine rings is 1. The Morgan fingerprint density at radius 1 is 1.15 bits per heavy atom. The van der Waals surface area contributed by atoms with Crippen LogP contribution in [0, 0.1) is 0 Å². The minimum Gasteiger partial charge on any atom is -0.293 e. The fourth-order valence-electron chi connectivity index (χ4n) is 2.23. The number of rotatable bonds is 0. The first-order valence-corrected chi connectivity index (χ1v) is 6.76. The van der Waals surface area contributed by atoms with Gasteiger partial charge in [-0.2, -0.15) is 0 Å². The molecule has 2 rings (SSSR count). The Morgan fingerprint density at radius 2 is 1.85 bits per heavy atom. The van der Waals surface area contributed by atoms with E-state index in [2.05, 4.69) is 4.98 Å². The molecule has 0 aliphatic carbocycles. The largest absolute Gasteiger partial charge is 0.293 e. The number of hydrogen-bond acceptors (Lipinski definition) is 3. The molecule has 0 aromatic carbocycles. The van der Waals surface area contributed by atoms with Crippen LogP contribution in [-0.4, -0.2) is 30.6 Å². The van der Waals surface area contributed by atoms with Gasteiger partial charge < -0.3 is 0 Å². The smallest absolute Gasteiger partial charge is 0.147 e. The van der Waals surface area contributed by atoms with Crippen molar-refractivity contribution in [2.45, 2.75) is 32.1 Å². The summed E-state index contributed by atoms with van der Waals surface area (Å²) >= 11 is 0. The van der Waals surface area contributed by atoms with E-state index in [0.29, 0.717) is 6.42 Å².